The van der Waals surface area contributed by atoms with Crippen LogP contribution < -0.4 is 4.90 Å². The van der Waals surface area contributed by atoms with Gasteiger partial charge in [-0.15, -0.1) is 0 Å². The van der Waals surface area contributed by atoms with Gasteiger partial charge in [0.1, 0.15) is 17.8 Å². The van der Waals surface area contributed by atoms with E-state index in [9.17, 15) is 27.9 Å². The SMILES string of the molecule is Cc1c(C(=O)N2CCC(N3CCC(c4cccc(C(=O)O)c4)CC3)CC2)ncnc1N1CCc2ccc(C(F)(F)F)cc2C1. The number of benzene rings is 2. The molecule has 1 N–H and O–H groups in total. The highest BCUT2D eigenvalue weighted by atomic mass is 19.4. The number of rotatable bonds is 5. The topological polar surface area (TPSA) is 89.9 Å². The van der Waals surface area contributed by atoms with Crippen LogP contribution in [0.3, 0.4) is 0 Å². The van der Waals surface area contributed by atoms with Crippen molar-refractivity contribution in [1.29, 1.82) is 0 Å². The van der Waals surface area contributed by atoms with Gasteiger partial charge in [-0.3, -0.25) is 4.79 Å². The van der Waals surface area contributed by atoms with Crippen molar-refractivity contribution >= 4 is 17.7 Å². The van der Waals surface area contributed by atoms with Gasteiger partial charge < -0.3 is 19.8 Å². The molecular formula is C33H36F3N5O3. The molecule has 0 unspecified atom stereocenters. The Morgan fingerprint density at radius 2 is 1.66 bits per heavy atom. The van der Waals surface area contributed by atoms with Crippen LogP contribution in [0, 0.1) is 6.92 Å². The third-order valence-corrected chi connectivity index (χ3v) is 9.51. The van der Waals surface area contributed by atoms with E-state index in [1.165, 1.54) is 12.4 Å². The molecule has 3 aliphatic heterocycles. The van der Waals surface area contributed by atoms with Crippen molar-refractivity contribution in [3.05, 3.63) is 87.9 Å². The highest BCUT2D eigenvalue weighted by Crippen LogP contribution is 2.34. The van der Waals surface area contributed by atoms with Crippen LogP contribution in [0.5, 0.6) is 0 Å². The van der Waals surface area contributed by atoms with Crippen LogP contribution in [-0.4, -0.2) is 75.5 Å². The molecule has 0 saturated carbocycles. The van der Waals surface area contributed by atoms with Crippen LogP contribution in [0.25, 0.3) is 0 Å². The molecule has 1 amide bonds. The lowest BCUT2D eigenvalue weighted by molar-refractivity contribution is -0.137. The molecule has 4 heterocycles. The molecule has 44 heavy (non-hydrogen) atoms. The fraction of sp³-hybridized carbons (Fsp3) is 0.455. The van der Waals surface area contributed by atoms with Crippen LogP contribution >= 0.6 is 0 Å². The van der Waals surface area contributed by atoms with E-state index in [2.05, 4.69) is 14.9 Å². The number of hydrogen-bond donors (Lipinski definition) is 1. The highest BCUT2D eigenvalue weighted by molar-refractivity contribution is 5.94. The van der Waals surface area contributed by atoms with Crippen LogP contribution in [-0.2, 0) is 19.1 Å². The third kappa shape index (κ3) is 6.15. The van der Waals surface area contributed by atoms with Gasteiger partial charge in [0.15, 0.2) is 0 Å². The Morgan fingerprint density at radius 3 is 2.36 bits per heavy atom. The molecule has 6 rings (SSSR count). The molecular weight excluding hydrogens is 571 g/mol. The van der Waals surface area contributed by atoms with Crippen LogP contribution in [0.4, 0.5) is 19.0 Å². The van der Waals surface area contributed by atoms with E-state index in [1.807, 2.05) is 28.9 Å². The zero-order valence-corrected chi connectivity index (χ0v) is 24.7. The Morgan fingerprint density at radius 1 is 0.909 bits per heavy atom. The zero-order chi connectivity index (χ0) is 31.0. The highest BCUT2D eigenvalue weighted by Gasteiger charge is 2.34. The zero-order valence-electron chi connectivity index (χ0n) is 24.7. The molecule has 11 heteroatoms. The predicted molar refractivity (Wildman–Crippen MR) is 159 cm³/mol. The van der Waals surface area contributed by atoms with Crippen molar-refractivity contribution in [3.8, 4) is 0 Å². The molecule has 2 saturated heterocycles. The molecule has 0 bridgehead atoms. The summed E-state index contributed by atoms with van der Waals surface area (Å²) in [4.78, 5) is 40.0. The first-order chi connectivity index (χ1) is 21.1. The summed E-state index contributed by atoms with van der Waals surface area (Å²) < 4.78 is 39.9. The summed E-state index contributed by atoms with van der Waals surface area (Å²) in [6.07, 6.45) is 1.26. The van der Waals surface area contributed by atoms with Gasteiger partial charge in [0, 0.05) is 37.8 Å². The number of aromatic carboxylic acids is 1. The Hall–Kier alpha value is -3.99. The molecule has 1 aromatic heterocycles. The van der Waals surface area contributed by atoms with E-state index in [1.54, 1.807) is 18.2 Å². The van der Waals surface area contributed by atoms with Gasteiger partial charge in [-0.1, -0.05) is 18.2 Å². The summed E-state index contributed by atoms with van der Waals surface area (Å²) in [5, 5.41) is 9.33. The van der Waals surface area contributed by atoms with Crippen molar-refractivity contribution < 1.29 is 27.9 Å². The van der Waals surface area contributed by atoms with Gasteiger partial charge in [-0.05, 0) is 99.0 Å². The molecule has 3 aliphatic rings. The van der Waals surface area contributed by atoms with Crippen LogP contribution in [0.1, 0.15) is 80.3 Å². The molecule has 2 aromatic carbocycles. The normalized spacial score (nSPS) is 18.7. The minimum absolute atomic E-state index is 0.140. The molecule has 8 nitrogen and oxygen atoms in total. The first-order valence-electron chi connectivity index (χ1n) is 15.2. The Labute approximate surface area is 254 Å². The van der Waals surface area contributed by atoms with Crippen LogP contribution in [0.2, 0.25) is 0 Å². The third-order valence-electron chi connectivity index (χ3n) is 9.51. The maximum Gasteiger partial charge on any atom is 0.416 e. The standard InChI is InChI=1S/C33H36F3N5O3/c1-21-29(37-20-38-30(21)41-14-9-22-5-6-27(33(34,35)36)18-26(22)19-41)31(42)40-15-10-28(11-16-40)39-12-7-23(8-13-39)24-3-2-4-25(17-24)32(43)44/h2-6,17-18,20,23,28H,7-16,19H2,1H3,(H,43,44). The number of amides is 1. The number of piperidine rings is 2. The minimum Gasteiger partial charge on any atom is -0.478 e. The summed E-state index contributed by atoms with van der Waals surface area (Å²) in [7, 11) is 0. The summed E-state index contributed by atoms with van der Waals surface area (Å²) in [6, 6.07) is 11.6. The number of carbonyl (C=O) groups is 2. The second-order valence-corrected chi connectivity index (χ2v) is 12.1. The molecule has 0 spiro atoms. The maximum absolute atomic E-state index is 13.6. The second-order valence-electron chi connectivity index (χ2n) is 12.1. The first kappa shape index (κ1) is 30.1. The Kier molecular flexibility index (Phi) is 8.32. The lowest BCUT2D eigenvalue weighted by Gasteiger charge is -2.42. The van der Waals surface area contributed by atoms with Crippen molar-refractivity contribution in [3.63, 3.8) is 0 Å². The Balaban J connectivity index is 1.06. The fourth-order valence-electron chi connectivity index (χ4n) is 7.00. The van der Waals surface area contributed by atoms with Crippen molar-refractivity contribution in [2.75, 3.05) is 37.6 Å². The summed E-state index contributed by atoms with van der Waals surface area (Å²) in [6.45, 7) is 5.83. The monoisotopic (exact) mass is 607 g/mol. The molecule has 0 radical (unpaired) electrons. The predicted octanol–water partition coefficient (Wildman–Crippen LogP) is 5.55. The molecule has 0 aliphatic carbocycles. The lowest BCUT2D eigenvalue weighted by atomic mass is 9.87. The number of carboxylic acids is 1. The van der Waals surface area contributed by atoms with Gasteiger partial charge in [-0.2, -0.15) is 13.2 Å². The van der Waals surface area contributed by atoms with Crippen molar-refractivity contribution in [1.82, 2.24) is 19.8 Å². The molecule has 0 atom stereocenters. The molecule has 232 valence electrons. The average molecular weight is 608 g/mol. The number of nitrogens with zero attached hydrogens (tertiary/aromatic N) is 5. The fourth-order valence-corrected chi connectivity index (χ4v) is 7.00. The number of alkyl halides is 3. The van der Waals surface area contributed by atoms with E-state index < -0.39 is 17.7 Å². The molecule has 3 aromatic rings. The van der Waals surface area contributed by atoms with Gasteiger partial charge in [0.2, 0.25) is 0 Å². The van der Waals surface area contributed by atoms with Gasteiger partial charge >= 0.3 is 12.1 Å². The second kappa shape index (κ2) is 12.2. The van der Waals surface area contributed by atoms with Gasteiger partial charge in [0.05, 0.1) is 11.1 Å². The van der Waals surface area contributed by atoms with E-state index in [0.29, 0.717) is 66.2 Å². The minimum atomic E-state index is -4.40. The van der Waals surface area contributed by atoms with E-state index >= 15 is 0 Å². The van der Waals surface area contributed by atoms with Gasteiger partial charge in [-0.25, -0.2) is 14.8 Å². The van der Waals surface area contributed by atoms with E-state index in [0.717, 1.165) is 56.0 Å². The largest absolute Gasteiger partial charge is 0.478 e. The van der Waals surface area contributed by atoms with E-state index in [4.69, 9.17) is 0 Å². The number of aromatic nitrogens is 2. The summed E-state index contributed by atoms with van der Waals surface area (Å²) in [5.74, 6) is -0.113. The Bertz CT molecular complexity index is 1550. The number of halogens is 3. The summed E-state index contributed by atoms with van der Waals surface area (Å²) >= 11 is 0. The first-order valence-corrected chi connectivity index (χ1v) is 15.2. The van der Waals surface area contributed by atoms with E-state index in [-0.39, 0.29) is 12.5 Å². The quantitative estimate of drug-likeness (QED) is 0.407. The number of likely N-dealkylation sites (tertiary alicyclic amines) is 2. The average Bonchev–Trinajstić information content (AvgIpc) is 3.04. The smallest absolute Gasteiger partial charge is 0.416 e. The van der Waals surface area contributed by atoms with Crippen molar-refractivity contribution in [2.45, 2.75) is 63.7 Å². The number of fused-ring (bicyclic) bond motifs is 1. The number of hydrogen-bond acceptors (Lipinski definition) is 6. The number of carboxylic acid groups (broad SMARTS) is 1. The number of carbonyl (C=O) groups excluding carboxylic acids is 1. The summed E-state index contributed by atoms with van der Waals surface area (Å²) in [5.41, 5.74) is 3.26. The maximum atomic E-state index is 13.6. The van der Waals surface area contributed by atoms with Crippen LogP contribution in [0.15, 0.2) is 48.8 Å². The van der Waals surface area contributed by atoms with Gasteiger partial charge in [0.25, 0.3) is 5.91 Å². The number of anilines is 1. The van der Waals surface area contributed by atoms with Crippen molar-refractivity contribution in [2.24, 2.45) is 0 Å². The molecule has 2 fully saturated rings. The lowest BCUT2D eigenvalue weighted by Crippen LogP contribution is -2.49.